The molecule has 4 unspecified atom stereocenters. The van der Waals surface area contributed by atoms with Crippen LogP contribution in [0.1, 0.15) is 32.6 Å². The van der Waals surface area contributed by atoms with Crippen LogP contribution in [0, 0.1) is 61.7 Å². The Balaban J connectivity index is 0.000000605. The van der Waals surface area contributed by atoms with Crippen molar-refractivity contribution in [3.05, 3.63) is 6.92 Å². The number of hydrogen-bond donors (Lipinski definition) is 0. The zero-order chi connectivity index (χ0) is 7.14. The maximum atomic E-state index is 4.22. The molecule has 0 heterocycles. The molecule has 11 heavy (non-hydrogen) atoms. The Bertz CT molecular complexity index is 131. The van der Waals surface area contributed by atoms with Gasteiger partial charge in [0.25, 0.3) is 0 Å². The number of hydrogen-bond acceptors (Lipinski definition) is 0. The molecule has 0 saturated heterocycles. The van der Waals surface area contributed by atoms with Crippen LogP contribution in [0.15, 0.2) is 0 Å². The van der Waals surface area contributed by atoms with Gasteiger partial charge < -0.3 is 6.92 Å². The predicted molar refractivity (Wildman–Crippen MR) is 43.5 cm³/mol. The van der Waals surface area contributed by atoms with E-state index in [0.29, 0.717) is 0 Å². The van der Waals surface area contributed by atoms with Crippen molar-refractivity contribution in [2.75, 3.05) is 0 Å². The van der Waals surface area contributed by atoms with Crippen LogP contribution in [0.5, 0.6) is 0 Å². The smallest absolute Gasteiger partial charge is 0 e. The van der Waals surface area contributed by atoms with Crippen molar-refractivity contribution in [3.8, 4) is 0 Å². The molecular weight excluding hydrogens is 358 g/mol. The molecule has 0 aromatic carbocycles. The molecule has 0 aromatic heterocycles. The molecule has 2 fully saturated rings. The Kier molecular flexibility index (Phi) is 3.54. The van der Waals surface area contributed by atoms with Crippen molar-refractivity contribution in [2.45, 2.75) is 32.6 Å². The van der Waals surface area contributed by atoms with Gasteiger partial charge in [-0.05, 0) is 24.7 Å². The minimum atomic E-state index is 0. The fourth-order valence-corrected chi connectivity index (χ4v) is 3.12. The van der Waals surface area contributed by atoms with Gasteiger partial charge in [0.15, 0.2) is 0 Å². The van der Waals surface area contributed by atoms with Crippen LogP contribution in [-0.4, -0.2) is 0 Å². The van der Waals surface area contributed by atoms with E-state index in [0.717, 1.165) is 23.7 Å². The standard InChI is InChI=1S/C10H17.U/c1-3-9-5-8-4-7(2)10(9)6-8;/h7-10H,2-6H2,1H3;/q-1;. The van der Waals surface area contributed by atoms with Crippen molar-refractivity contribution in [3.63, 3.8) is 0 Å². The van der Waals surface area contributed by atoms with Gasteiger partial charge in [-0.2, -0.15) is 5.92 Å². The summed E-state index contributed by atoms with van der Waals surface area (Å²) in [6, 6.07) is 0. The van der Waals surface area contributed by atoms with Gasteiger partial charge in [0.2, 0.25) is 0 Å². The van der Waals surface area contributed by atoms with Crippen molar-refractivity contribution < 1.29 is 31.1 Å². The van der Waals surface area contributed by atoms with E-state index < -0.39 is 0 Å². The summed E-state index contributed by atoms with van der Waals surface area (Å²) in [6.07, 6.45) is 5.86. The zero-order valence-electron chi connectivity index (χ0n) is 7.34. The topological polar surface area (TPSA) is 0 Å². The molecule has 2 saturated carbocycles. The van der Waals surface area contributed by atoms with Crippen molar-refractivity contribution in [1.82, 2.24) is 0 Å². The van der Waals surface area contributed by atoms with E-state index in [2.05, 4.69) is 13.8 Å². The SMILES string of the molecule is [CH2-]C1CC2CC(CC)C1C2.[U]. The maximum absolute atomic E-state index is 4.22. The molecule has 1 heteroatoms. The fraction of sp³-hybridized carbons (Fsp3) is 0.900. The number of rotatable bonds is 1. The first-order valence-corrected chi connectivity index (χ1v) is 4.64. The Morgan fingerprint density at radius 3 is 2.36 bits per heavy atom. The predicted octanol–water partition coefficient (Wildman–Crippen LogP) is 2.89. The third kappa shape index (κ3) is 1.70. The third-order valence-electron chi connectivity index (χ3n) is 3.61. The van der Waals surface area contributed by atoms with Crippen molar-refractivity contribution in [2.24, 2.45) is 23.7 Å². The van der Waals surface area contributed by atoms with Crippen LogP contribution in [0.2, 0.25) is 0 Å². The second kappa shape index (κ2) is 3.84. The summed E-state index contributed by atoms with van der Waals surface area (Å²) >= 11 is 0. The summed E-state index contributed by atoms with van der Waals surface area (Å²) in [5, 5.41) is 0. The Labute approximate surface area is 93.9 Å². The first-order valence-electron chi connectivity index (χ1n) is 4.64. The van der Waals surface area contributed by atoms with Gasteiger partial charge in [0.1, 0.15) is 0 Å². The second-order valence-corrected chi connectivity index (χ2v) is 4.17. The van der Waals surface area contributed by atoms with Crippen molar-refractivity contribution in [1.29, 1.82) is 0 Å². The van der Waals surface area contributed by atoms with Crippen molar-refractivity contribution >= 4 is 0 Å². The molecular formula is C10H17U-. The molecule has 0 radical (unpaired) electrons. The monoisotopic (exact) mass is 375 g/mol. The van der Waals surface area contributed by atoms with Crippen LogP contribution in [0.25, 0.3) is 0 Å². The van der Waals surface area contributed by atoms with Crippen LogP contribution in [0.4, 0.5) is 0 Å². The minimum Gasteiger partial charge on any atom is -0.340 e. The van der Waals surface area contributed by atoms with Gasteiger partial charge >= 0.3 is 0 Å². The van der Waals surface area contributed by atoms with Crippen LogP contribution in [-0.2, 0) is 0 Å². The van der Waals surface area contributed by atoms with E-state index in [-0.39, 0.29) is 31.1 Å². The Morgan fingerprint density at radius 1 is 1.27 bits per heavy atom. The van der Waals surface area contributed by atoms with E-state index in [4.69, 9.17) is 0 Å². The van der Waals surface area contributed by atoms with Gasteiger partial charge in [-0.1, -0.05) is 25.7 Å². The molecule has 0 nitrogen and oxygen atoms in total. The van der Waals surface area contributed by atoms with E-state index >= 15 is 0 Å². The molecule has 0 amide bonds. The van der Waals surface area contributed by atoms with E-state index in [9.17, 15) is 0 Å². The van der Waals surface area contributed by atoms with Crippen LogP contribution in [0.3, 0.4) is 0 Å². The molecule has 4 atom stereocenters. The Hall–Kier alpha value is 1.05. The van der Waals surface area contributed by atoms with Crippen LogP contribution < -0.4 is 0 Å². The summed E-state index contributed by atoms with van der Waals surface area (Å²) < 4.78 is 0. The first-order chi connectivity index (χ1) is 4.81. The van der Waals surface area contributed by atoms with Gasteiger partial charge in [0.05, 0.1) is 0 Å². The third-order valence-corrected chi connectivity index (χ3v) is 3.61. The molecule has 2 aliphatic carbocycles. The summed E-state index contributed by atoms with van der Waals surface area (Å²) in [4.78, 5) is 0. The molecule has 0 N–H and O–H groups in total. The fourth-order valence-electron chi connectivity index (χ4n) is 3.12. The zero-order valence-corrected chi connectivity index (χ0v) is 11.5. The minimum absolute atomic E-state index is 0. The van der Waals surface area contributed by atoms with Gasteiger partial charge in [0, 0.05) is 31.1 Å². The average Bonchev–Trinajstić information content (AvgIpc) is 2.44. The maximum Gasteiger partial charge on any atom is 0 e. The molecule has 2 bridgehead atoms. The molecule has 0 spiro atoms. The van der Waals surface area contributed by atoms with Gasteiger partial charge in [-0.3, -0.25) is 0 Å². The average molecular weight is 375 g/mol. The van der Waals surface area contributed by atoms with E-state index in [1.54, 1.807) is 0 Å². The summed E-state index contributed by atoms with van der Waals surface area (Å²) in [7, 11) is 0. The van der Waals surface area contributed by atoms with Crippen LogP contribution >= 0.6 is 0 Å². The first kappa shape index (κ1) is 10.1. The Morgan fingerprint density at radius 2 is 2.00 bits per heavy atom. The molecule has 0 aromatic rings. The van der Waals surface area contributed by atoms with E-state index in [1.165, 1.54) is 25.7 Å². The van der Waals surface area contributed by atoms with Gasteiger partial charge in [-0.15, -0.1) is 0 Å². The second-order valence-electron chi connectivity index (χ2n) is 4.17. The molecule has 0 aliphatic heterocycles. The normalized spacial score (nSPS) is 47.5. The summed E-state index contributed by atoms with van der Waals surface area (Å²) in [5.41, 5.74) is 0. The van der Waals surface area contributed by atoms with E-state index in [1.807, 2.05) is 0 Å². The summed E-state index contributed by atoms with van der Waals surface area (Å²) in [6.45, 7) is 6.55. The molecule has 2 rings (SSSR count). The van der Waals surface area contributed by atoms with Gasteiger partial charge in [-0.25, -0.2) is 0 Å². The largest absolute Gasteiger partial charge is 0.340 e. The summed E-state index contributed by atoms with van der Waals surface area (Å²) in [5.74, 6) is 3.93. The number of fused-ring (bicyclic) bond motifs is 2. The molecule has 2 aliphatic rings. The quantitative estimate of drug-likeness (QED) is 0.619. The molecule has 62 valence electrons.